The van der Waals surface area contributed by atoms with Crippen LogP contribution in [0.2, 0.25) is 5.02 Å². The molecule has 0 aliphatic carbocycles. The van der Waals surface area contributed by atoms with Gasteiger partial charge in [-0.1, -0.05) is 62.7 Å². The van der Waals surface area contributed by atoms with Gasteiger partial charge in [-0.2, -0.15) is 0 Å². The number of likely N-dealkylation sites (tertiary alicyclic amines) is 1. The monoisotopic (exact) mass is 512 g/mol. The maximum Gasteiger partial charge on any atom is 0.326 e. The molecule has 1 aromatic heterocycles. The Morgan fingerprint density at radius 1 is 1.11 bits per heavy atom. The Hall–Kier alpha value is -2.61. The van der Waals surface area contributed by atoms with Crippen molar-refractivity contribution in [2.45, 2.75) is 58.1 Å². The molecule has 1 unspecified atom stereocenters. The van der Waals surface area contributed by atoms with Gasteiger partial charge >= 0.3 is 5.69 Å². The number of carbonyl (C=O) groups is 1. The van der Waals surface area contributed by atoms with Crippen molar-refractivity contribution in [1.29, 1.82) is 0 Å². The van der Waals surface area contributed by atoms with Gasteiger partial charge in [-0.3, -0.25) is 9.36 Å². The average Bonchev–Trinajstić information content (AvgIpc) is 3.17. The van der Waals surface area contributed by atoms with Crippen molar-refractivity contribution in [2.75, 3.05) is 26.2 Å². The van der Waals surface area contributed by atoms with Crippen molar-refractivity contribution >= 4 is 28.5 Å². The van der Waals surface area contributed by atoms with E-state index in [1.54, 1.807) is 6.07 Å². The Labute approximate surface area is 217 Å². The van der Waals surface area contributed by atoms with E-state index in [1.807, 2.05) is 67.8 Å². The Kier molecular flexibility index (Phi) is 7.93. The Balaban J connectivity index is 1.38. The van der Waals surface area contributed by atoms with Gasteiger partial charge in [-0.05, 0) is 49.4 Å². The van der Waals surface area contributed by atoms with Crippen LogP contribution < -0.4 is 11.0 Å². The van der Waals surface area contributed by atoms with Crippen molar-refractivity contribution in [3.8, 4) is 0 Å². The maximum absolute atomic E-state index is 12.6. The highest BCUT2D eigenvalue weighted by atomic mass is 35.5. The van der Waals surface area contributed by atoms with Crippen LogP contribution in [0, 0.1) is 5.41 Å². The van der Waals surface area contributed by atoms with Gasteiger partial charge < -0.3 is 20.3 Å². The number of piperidine rings is 1. The highest BCUT2D eigenvalue weighted by molar-refractivity contribution is 6.31. The summed E-state index contributed by atoms with van der Waals surface area (Å²) in [5.41, 5.74) is 0.931. The number of carbonyl (C=O) groups excluding carboxylic acids is 1. The fourth-order valence-electron chi connectivity index (χ4n) is 5.02. The molecule has 194 valence electrons. The molecule has 1 atom stereocenters. The van der Waals surface area contributed by atoms with Crippen LogP contribution in [0.1, 0.15) is 58.1 Å². The number of aliphatic hydroxyl groups is 1. The molecule has 1 aliphatic rings. The van der Waals surface area contributed by atoms with Gasteiger partial charge in [0, 0.05) is 42.7 Å². The van der Waals surface area contributed by atoms with E-state index in [2.05, 4.69) is 15.2 Å². The first kappa shape index (κ1) is 26.5. The van der Waals surface area contributed by atoms with E-state index < -0.39 is 11.0 Å². The van der Waals surface area contributed by atoms with E-state index >= 15 is 0 Å². The lowest BCUT2D eigenvalue weighted by molar-refractivity contribution is -0.128. The number of imidazole rings is 1. The summed E-state index contributed by atoms with van der Waals surface area (Å²) in [6, 6.07) is 15.4. The molecular weight excluding hydrogens is 476 g/mol. The molecule has 8 heteroatoms. The molecule has 1 aliphatic heterocycles. The van der Waals surface area contributed by atoms with Gasteiger partial charge in [0.25, 0.3) is 0 Å². The summed E-state index contributed by atoms with van der Waals surface area (Å²) in [6.07, 6.45) is 2.74. The van der Waals surface area contributed by atoms with Crippen molar-refractivity contribution in [1.82, 2.24) is 19.8 Å². The first-order chi connectivity index (χ1) is 17.1. The van der Waals surface area contributed by atoms with Crippen LogP contribution >= 0.6 is 11.6 Å². The van der Waals surface area contributed by atoms with E-state index in [1.165, 1.54) is 0 Å². The number of aromatic amines is 1. The summed E-state index contributed by atoms with van der Waals surface area (Å²) in [4.78, 5) is 30.2. The third kappa shape index (κ3) is 6.02. The second kappa shape index (κ2) is 10.8. The molecule has 4 rings (SSSR count). The molecule has 3 aromatic rings. The number of aromatic nitrogens is 2. The smallest absolute Gasteiger partial charge is 0.326 e. The van der Waals surface area contributed by atoms with E-state index in [4.69, 9.17) is 11.6 Å². The first-order valence-electron chi connectivity index (χ1n) is 12.8. The number of halogens is 1. The lowest BCUT2D eigenvalue weighted by Gasteiger charge is -2.36. The molecule has 0 radical (unpaired) electrons. The molecule has 0 saturated carbocycles. The number of nitrogens with zero attached hydrogens (tertiary/aromatic N) is 2. The van der Waals surface area contributed by atoms with E-state index in [-0.39, 0.29) is 17.6 Å². The molecule has 36 heavy (non-hydrogen) atoms. The highest BCUT2D eigenvalue weighted by Crippen LogP contribution is 2.31. The molecule has 1 amide bonds. The molecule has 1 fully saturated rings. The minimum atomic E-state index is -1.03. The largest absolute Gasteiger partial charge is 0.385 e. The molecule has 0 spiro atoms. The zero-order valence-electron chi connectivity index (χ0n) is 21.4. The number of fused-ring (bicyclic) bond motifs is 1. The zero-order chi connectivity index (χ0) is 25.9. The molecule has 7 nitrogen and oxygen atoms in total. The summed E-state index contributed by atoms with van der Waals surface area (Å²) in [6.45, 7) is 8.51. The third-order valence-corrected chi connectivity index (χ3v) is 7.49. The van der Waals surface area contributed by atoms with Crippen LogP contribution in [-0.4, -0.2) is 51.6 Å². The van der Waals surface area contributed by atoms with Crippen LogP contribution in [0.3, 0.4) is 0 Å². The maximum atomic E-state index is 12.6. The average molecular weight is 513 g/mol. The fraction of sp³-hybridized carbons (Fsp3) is 0.500. The summed E-state index contributed by atoms with van der Waals surface area (Å²) >= 11 is 6.09. The molecule has 2 aromatic carbocycles. The number of hydrogen-bond acceptors (Lipinski definition) is 4. The number of nitrogens with one attached hydrogen (secondary N) is 2. The topological polar surface area (TPSA) is 90.4 Å². The molecule has 1 saturated heterocycles. The fourth-order valence-corrected chi connectivity index (χ4v) is 5.19. The van der Waals surface area contributed by atoms with E-state index in [9.17, 15) is 14.7 Å². The van der Waals surface area contributed by atoms with Gasteiger partial charge in [0.2, 0.25) is 5.91 Å². The van der Waals surface area contributed by atoms with Gasteiger partial charge in [0.15, 0.2) is 0 Å². The van der Waals surface area contributed by atoms with Gasteiger partial charge in [-0.25, -0.2) is 4.79 Å². The minimum Gasteiger partial charge on any atom is -0.385 e. The van der Waals surface area contributed by atoms with Crippen molar-refractivity contribution < 1.29 is 9.90 Å². The van der Waals surface area contributed by atoms with Crippen LogP contribution in [0.25, 0.3) is 11.0 Å². The van der Waals surface area contributed by atoms with E-state index in [0.29, 0.717) is 24.4 Å². The standard InChI is InChI=1S/C28H37ClN4O3/c1-27(2,3)25(34)30-15-13-28(36,20-7-5-4-6-8-20)14-18-32-16-11-22(12-17-32)33-24-10-9-21(29)19-23(24)31-26(33)35/h4-10,19,22,36H,11-18H2,1-3H3,(H,30,34)(H,31,35). The molecule has 3 N–H and O–H groups in total. The lowest BCUT2D eigenvalue weighted by Crippen LogP contribution is -2.42. The lowest BCUT2D eigenvalue weighted by atomic mass is 9.86. The van der Waals surface area contributed by atoms with Gasteiger partial charge in [0.1, 0.15) is 0 Å². The quantitative estimate of drug-likeness (QED) is 0.416. The summed E-state index contributed by atoms with van der Waals surface area (Å²) < 4.78 is 1.86. The Morgan fingerprint density at radius 2 is 1.81 bits per heavy atom. The number of amides is 1. The first-order valence-corrected chi connectivity index (χ1v) is 13.1. The summed E-state index contributed by atoms with van der Waals surface area (Å²) in [7, 11) is 0. The molecular formula is C28H37ClN4O3. The number of H-pyrrole nitrogens is 1. The second-order valence-corrected chi connectivity index (χ2v) is 11.4. The van der Waals surface area contributed by atoms with Gasteiger partial charge in [0.05, 0.1) is 16.6 Å². The number of benzene rings is 2. The SMILES string of the molecule is CC(C)(C)C(=O)NCCC(O)(CCN1CCC(n2c(=O)[nH]c3cc(Cl)ccc32)CC1)c1ccccc1. The number of hydrogen-bond donors (Lipinski definition) is 3. The second-order valence-electron chi connectivity index (χ2n) is 10.9. The van der Waals surface area contributed by atoms with Crippen LogP contribution in [0.5, 0.6) is 0 Å². The normalized spacial score (nSPS) is 17.2. The molecule has 0 bridgehead atoms. The van der Waals surface area contributed by atoms with Crippen LogP contribution in [-0.2, 0) is 10.4 Å². The van der Waals surface area contributed by atoms with Crippen molar-refractivity contribution in [3.63, 3.8) is 0 Å². The minimum absolute atomic E-state index is 0.0187. The van der Waals surface area contributed by atoms with Crippen LogP contribution in [0.15, 0.2) is 53.3 Å². The Morgan fingerprint density at radius 3 is 2.47 bits per heavy atom. The summed E-state index contributed by atoms with van der Waals surface area (Å²) in [5.74, 6) is -0.0187. The zero-order valence-corrected chi connectivity index (χ0v) is 22.1. The van der Waals surface area contributed by atoms with Gasteiger partial charge in [-0.15, -0.1) is 0 Å². The van der Waals surface area contributed by atoms with Crippen LogP contribution in [0.4, 0.5) is 0 Å². The molecule has 2 heterocycles. The third-order valence-electron chi connectivity index (χ3n) is 7.26. The Bertz CT molecular complexity index is 1240. The highest BCUT2D eigenvalue weighted by Gasteiger charge is 2.32. The predicted molar refractivity (Wildman–Crippen MR) is 144 cm³/mol. The predicted octanol–water partition coefficient (Wildman–Crippen LogP) is 4.45. The van der Waals surface area contributed by atoms with Crippen molar-refractivity contribution in [2.24, 2.45) is 5.41 Å². The number of rotatable bonds is 8. The van der Waals surface area contributed by atoms with Crippen molar-refractivity contribution in [3.05, 3.63) is 69.6 Å². The van der Waals surface area contributed by atoms with E-state index in [0.717, 1.165) is 49.1 Å². The summed E-state index contributed by atoms with van der Waals surface area (Å²) in [5, 5.41) is 15.3.